The van der Waals surface area contributed by atoms with Crippen LogP contribution in [0.4, 0.5) is 0 Å². The molecule has 116 valence electrons. The topological polar surface area (TPSA) is 66.9 Å². The van der Waals surface area contributed by atoms with E-state index in [4.69, 9.17) is 4.74 Å². The zero-order valence-corrected chi connectivity index (χ0v) is 13.1. The molecule has 1 amide bonds. The first-order chi connectivity index (χ1) is 9.39. The Kier molecular flexibility index (Phi) is 4.71. The van der Waals surface area contributed by atoms with Crippen LogP contribution in [-0.2, 0) is 19.6 Å². The van der Waals surface area contributed by atoms with E-state index in [0.717, 1.165) is 19.3 Å². The van der Waals surface area contributed by atoms with Crippen molar-refractivity contribution in [1.82, 2.24) is 9.21 Å². The molecule has 2 aliphatic rings. The fourth-order valence-electron chi connectivity index (χ4n) is 3.06. The Balaban J connectivity index is 2.01. The minimum absolute atomic E-state index is 0.140. The van der Waals surface area contributed by atoms with Gasteiger partial charge in [-0.3, -0.25) is 4.79 Å². The van der Waals surface area contributed by atoms with Gasteiger partial charge >= 0.3 is 0 Å². The molecule has 0 radical (unpaired) electrons. The molecule has 0 aromatic carbocycles. The van der Waals surface area contributed by atoms with E-state index in [2.05, 4.69) is 0 Å². The van der Waals surface area contributed by atoms with Gasteiger partial charge < -0.3 is 9.64 Å². The van der Waals surface area contributed by atoms with E-state index < -0.39 is 10.0 Å². The van der Waals surface area contributed by atoms with Crippen molar-refractivity contribution in [2.75, 3.05) is 46.2 Å². The van der Waals surface area contributed by atoms with E-state index in [1.54, 1.807) is 7.11 Å². The van der Waals surface area contributed by atoms with Crippen LogP contribution in [-0.4, -0.2) is 69.7 Å². The van der Waals surface area contributed by atoms with Gasteiger partial charge in [0.25, 0.3) is 0 Å². The molecular weight excluding hydrogens is 280 g/mol. The first-order valence-electron chi connectivity index (χ1n) is 7.12. The van der Waals surface area contributed by atoms with Gasteiger partial charge in [0.1, 0.15) is 0 Å². The Hall–Kier alpha value is -0.660. The lowest BCUT2D eigenvalue weighted by atomic mass is 9.68. The molecule has 1 saturated carbocycles. The molecule has 0 spiro atoms. The average molecular weight is 304 g/mol. The second-order valence-corrected chi connectivity index (χ2v) is 7.86. The summed E-state index contributed by atoms with van der Waals surface area (Å²) < 4.78 is 29.8. The van der Waals surface area contributed by atoms with Gasteiger partial charge in [0.05, 0.1) is 18.3 Å². The Morgan fingerprint density at radius 2 is 1.85 bits per heavy atom. The van der Waals surface area contributed by atoms with E-state index in [1.807, 2.05) is 4.90 Å². The van der Waals surface area contributed by atoms with Crippen molar-refractivity contribution >= 4 is 15.9 Å². The summed E-state index contributed by atoms with van der Waals surface area (Å²) in [5.41, 5.74) is -0.352. The maximum Gasteiger partial charge on any atom is 0.231 e. The number of rotatable bonds is 4. The molecule has 0 unspecified atom stereocenters. The van der Waals surface area contributed by atoms with E-state index in [1.165, 1.54) is 10.6 Å². The monoisotopic (exact) mass is 304 g/mol. The minimum atomic E-state index is -3.16. The summed E-state index contributed by atoms with van der Waals surface area (Å²) in [6.07, 6.45) is 4.75. The largest absolute Gasteiger partial charge is 0.384 e. The Bertz CT molecular complexity index is 459. The molecule has 2 rings (SSSR count). The third-order valence-electron chi connectivity index (χ3n) is 4.40. The van der Waals surface area contributed by atoms with Crippen molar-refractivity contribution in [3.05, 3.63) is 0 Å². The third-order valence-corrected chi connectivity index (χ3v) is 5.70. The van der Waals surface area contributed by atoms with Gasteiger partial charge in [0.15, 0.2) is 0 Å². The van der Waals surface area contributed by atoms with Crippen molar-refractivity contribution < 1.29 is 17.9 Å². The van der Waals surface area contributed by atoms with Crippen LogP contribution in [0.1, 0.15) is 25.7 Å². The highest BCUT2D eigenvalue weighted by molar-refractivity contribution is 7.88. The summed E-state index contributed by atoms with van der Waals surface area (Å²) in [7, 11) is -1.54. The highest BCUT2D eigenvalue weighted by Crippen LogP contribution is 2.42. The highest BCUT2D eigenvalue weighted by Gasteiger charge is 2.46. The van der Waals surface area contributed by atoms with Crippen molar-refractivity contribution in [3.8, 4) is 0 Å². The van der Waals surface area contributed by atoms with E-state index in [9.17, 15) is 13.2 Å². The zero-order valence-electron chi connectivity index (χ0n) is 12.3. The Labute approximate surface area is 121 Å². The fourth-order valence-corrected chi connectivity index (χ4v) is 3.94. The highest BCUT2D eigenvalue weighted by atomic mass is 32.2. The summed E-state index contributed by atoms with van der Waals surface area (Å²) in [5.74, 6) is 0.140. The summed E-state index contributed by atoms with van der Waals surface area (Å²) in [5, 5.41) is 0. The van der Waals surface area contributed by atoms with Crippen LogP contribution in [0.2, 0.25) is 0 Å². The molecule has 6 nitrogen and oxygen atoms in total. The van der Waals surface area contributed by atoms with Gasteiger partial charge in [-0.2, -0.15) is 0 Å². The number of carbonyl (C=O) groups excluding carboxylic acids is 1. The standard InChI is InChI=1S/C13H24N2O4S/c1-19-11-13(5-3-6-13)12(16)14-7-4-8-15(10-9-14)20(2,17)18/h3-11H2,1-2H3. The van der Waals surface area contributed by atoms with Gasteiger partial charge in [-0.1, -0.05) is 6.42 Å². The minimum Gasteiger partial charge on any atom is -0.384 e. The molecule has 0 bridgehead atoms. The van der Waals surface area contributed by atoms with Crippen molar-refractivity contribution in [1.29, 1.82) is 0 Å². The molecular formula is C13H24N2O4S. The van der Waals surface area contributed by atoms with Crippen LogP contribution < -0.4 is 0 Å². The molecule has 0 aromatic heterocycles. The second kappa shape index (κ2) is 5.99. The second-order valence-electron chi connectivity index (χ2n) is 5.87. The summed E-state index contributed by atoms with van der Waals surface area (Å²) >= 11 is 0. The molecule has 1 aliphatic carbocycles. The zero-order chi connectivity index (χ0) is 14.8. The number of carbonyl (C=O) groups is 1. The number of methoxy groups -OCH3 is 1. The predicted molar refractivity (Wildman–Crippen MR) is 75.8 cm³/mol. The number of ether oxygens (including phenoxy) is 1. The average Bonchev–Trinajstić information content (AvgIpc) is 2.58. The number of hydrogen-bond acceptors (Lipinski definition) is 4. The Morgan fingerprint density at radius 1 is 1.15 bits per heavy atom. The van der Waals surface area contributed by atoms with Crippen LogP contribution >= 0.6 is 0 Å². The first-order valence-corrected chi connectivity index (χ1v) is 8.97. The first kappa shape index (κ1) is 15.7. The van der Waals surface area contributed by atoms with Gasteiger partial charge in [-0.15, -0.1) is 0 Å². The summed E-state index contributed by atoms with van der Waals surface area (Å²) in [6.45, 7) is 2.49. The van der Waals surface area contributed by atoms with Crippen LogP contribution in [0.15, 0.2) is 0 Å². The van der Waals surface area contributed by atoms with E-state index in [-0.39, 0.29) is 11.3 Å². The molecule has 7 heteroatoms. The van der Waals surface area contributed by atoms with E-state index in [0.29, 0.717) is 39.2 Å². The SMILES string of the molecule is COCC1(C(=O)N2CCCN(S(C)(=O)=O)CC2)CCC1. The third kappa shape index (κ3) is 3.15. The van der Waals surface area contributed by atoms with Crippen LogP contribution in [0, 0.1) is 5.41 Å². The molecule has 2 fully saturated rings. The van der Waals surface area contributed by atoms with Crippen molar-refractivity contribution in [3.63, 3.8) is 0 Å². The van der Waals surface area contributed by atoms with Gasteiger partial charge in [0, 0.05) is 33.3 Å². The number of hydrogen-bond donors (Lipinski definition) is 0. The van der Waals surface area contributed by atoms with Gasteiger partial charge in [-0.25, -0.2) is 12.7 Å². The normalized spacial score (nSPS) is 24.0. The molecule has 0 atom stereocenters. The molecule has 0 N–H and O–H groups in total. The lowest BCUT2D eigenvalue weighted by Gasteiger charge is -2.42. The maximum absolute atomic E-state index is 12.7. The van der Waals surface area contributed by atoms with Gasteiger partial charge in [0.2, 0.25) is 15.9 Å². The van der Waals surface area contributed by atoms with Crippen LogP contribution in [0.3, 0.4) is 0 Å². The van der Waals surface area contributed by atoms with Crippen LogP contribution in [0.25, 0.3) is 0 Å². The lowest BCUT2D eigenvalue weighted by Crippen LogP contribution is -2.51. The number of amides is 1. The van der Waals surface area contributed by atoms with E-state index >= 15 is 0 Å². The molecule has 1 heterocycles. The maximum atomic E-state index is 12.7. The van der Waals surface area contributed by atoms with Crippen molar-refractivity contribution in [2.24, 2.45) is 5.41 Å². The Morgan fingerprint density at radius 3 is 2.35 bits per heavy atom. The molecule has 1 aliphatic heterocycles. The predicted octanol–water partition coefficient (Wildman–Crippen LogP) is 0.297. The molecule has 20 heavy (non-hydrogen) atoms. The molecule has 1 saturated heterocycles. The number of sulfonamides is 1. The summed E-state index contributed by atoms with van der Waals surface area (Å²) in [4.78, 5) is 14.5. The molecule has 0 aromatic rings. The van der Waals surface area contributed by atoms with Crippen molar-refractivity contribution in [2.45, 2.75) is 25.7 Å². The quantitative estimate of drug-likeness (QED) is 0.749. The van der Waals surface area contributed by atoms with Crippen LogP contribution in [0.5, 0.6) is 0 Å². The lowest BCUT2D eigenvalue weighted by molar-refractivity contribution is -0.152. The number of nitrogens with zero attached hydrogens (tertiary/aromatic N) is 2. The summed E-state index contributed by atoms with van der Waals surface area (Å²) in [6, 6.07) is 0. The van der Waals surface area contributed by atoms with Gasteiger partial charge in [-0.05, 0) is 19.3 Å². The fraction of sp³-hybridized carbons (Fsp3) is 0.923. The smallest absolute Gasteiger partial charge is 0.231 e.